The van der Waals surface area contributed by atoms with Crippen LogP contribution < -0.4 is 0 Å². The van der Waals surface area contributed by atoms with Crippen LogP contribution in [0, 0.1) is 11.3 Å². The molecule has 4 nitrogen and oxygen atoms in total. The first-order chi connectivity index (χ1) is 13.3. The number of ether oxygens (including phenoxy) is 1. The number of hydrogen-bond donors (Lipinski definition) is 0. The van der Waals surface area contributed by atoms with Crippen molar-refractivity contribution in [3.05, 3.63) is 47.8 Å². The number of hydrogen-bond acceptors (Lipinski definition) is 4. The van der Waals surface area contributed by atoms with Gasteiger partial charge in [0.25, 0.3) is 0 Å². The second-order valence-electron chi connectivity index (χ2n) is 7.43. The van der Waals surface area contributed by atoms with Gasteiger partial charge in [0.15, 0.2) is 5.82 Å². The Morgan fingerprint density at radius 1 is 1.00 bits per heavy atom. The number of aromatic nitrogens is 2. The lowest BCUT2D eigenvalue weighted by Crippen LogP contribution is -2.21. The largest absolute Gasteiger partial charge is 0.378 e. The molecule has 1 aliphatic rings. The lowest BCUT2D eigenvalue weighted by molar-refractivity contribution is 0.0226. The van der Waals surface area contributed by atoms with Crippen LogP contribution in [0.5, 0.6) is 0 Å². The van der Waals surface area contributed by atoms with E-state index in [0.29, 0.717) is 23.4 Å². The number of nitriles is 1. The molecule has 1 aromatic heterocycles. The molecule has 0 aliphatic heterocycles. The van der Waals surface area contributed by atoms with Crippen molar-refractivity contribution in [2.75, 3.05) is 6.61 Å². The summed E-state index contributed by atoms with van der Waals surface area (Å²) in [6.45, 7) is 3.15. The SMILES string of the molecule is CCCCCCO[C@H]1CC[C@H](c2cnc(-c3ccc(C#N)cc3)nc2)CC1. The minimum Gasteiger partial charge on any atom is -0.378 e. The van der Waals surface area contributed by atoms with Gasteiger partial charge < -0.3 is 4.74 Å². The Labute approximate surface area is 162 Å². The molecule has 1 heterocycles. The first-order valence-electron chi connectivity index (χ1n) is 10.2. The highest BCUT2D eigenvalue weighted by atomic mass is 16.5. The Morgan fingerprint density at radius 2 is 1.70 bits per heavy atom. The molecule has 1 saturated carbocycles. The molecule has 0 N–H and O–H groups in total. The summed E-state index contributed by atoms with van der Waals surface area (Å²) in [5.41, 5.74) is 2.83. The third-order valence-corrected chi connectivity index (χ3v) is 5.44. The highest BCUT2D eigenvalue weighted by Crippen LogP contribution is 2.34. The average Bonchev–Trinajstić information content (AvgIpc) is 2.74. The first kappa shape index (κ1) is 19.5. The van der Waals surface area contributed by atoms with Crippen LogP contribution in [-0.4, -0.2) is 22.7 Å². The number of unbranched alkanes of at least 4 members (excludes halogenated alkanes) is 3. The molecule has 1 aromatic carbocycles. The van der Waals surface area contributed by atoms with Gasteiger partial charge in [-0.1, -0.05) is 26.2 Å². The zero-order valence-electron chi connectivity index (χ0n) is 16.2. The summed E-state index contributed by atoms with van der Waals surface area (Å²) in [6.07, 6.45) is 14.0. The minimum atomic E-state index is 0.432. The van der Waals surface area contributed by atoms with Gasteiger partial charge in [-0.05, 0) is 67.9 Å². The average molecular weight is 364 g/mol. The topological polar surface area (TPSA) is 58.8 Å². The molecule has 2 aromatic rings. The van der Waals surface area contributed by atoms with E-state index in [1.807, 2.05) is 24.5 Å². The third kappa shape index (κ3) is 5.61. The Balaban J connectivity index is 1.48. The van der Waals surface area contributed by atoms with Gasteiger partial charge >= 0.3 is 0 Å². The van der Waals surface area contributed by atoms with E-state index >= 15 is 0 Å². The fourth-order valence-corrected chi connectivity index (χ4v) is 3.73. The fraction of sp³-hybridized carbons (Fsp3) is 0.522. The van der Waals surface area contributed by atoms with E-state index in [1.165, 1.54) is 31.2 Å². The van der Waals surface area contributed by atoms with Gasteiger partial charge in [0.05, 0.1) is 17.7 Å². The Morgan fingerprint density at radius 3 is 2.33 bits per heavy atom. The molecule has 27 heavy (non-hydrogen) atoms. The molecule has 4 heteroatoms. The molecule has 0 amide bonds. The minimum absolute atomic E-state index is 0.432. The fourth-order valence-electron chi connectivity index (χ4n) is 3.73. The highest BCUT2D eigenvalue weighted by Gasteiger charge is 2.23. The summed E-state index contributed by atoms with van der Waals surface area (Å²) in [7, 11) is 0. The van der Waals surface area contributed by atoms with E-state index in [-0.39, 0.29) is 0 Å². The molecular weight excluding hydrogens is 334 g/mol. The Kier molecular flexibility index (Phi) is 7.36. The summed E-state index contributed by atoms with van der Waals surface area (Å²) in [5.74, 6) is 1.26. The van der Waals surface area contributed by atoms with Gasteiger partial charge in [-0.3, -0.25) is 0 Å². The standard InChI is InChI=1S/C23H29N3O/c1-2-3-4-5-14-27-22-12-10-19(11-13-22)21-16-25-23(26-17-21)20-8-6-18(15-24)7-9-20/h6-9,16-17,19,22H,2-5,10-14H2,1H3/t19-,22-. The predicted molar refractivity (Wildman–Crippen MR) is 107 cm³/mol. The second kappa shape index (κ2) is 10.2. The van der Waals surface area contributed by atoms with Crippen molar-refractivity contribution in [1.29, 1.82) is 5.26 Å². The van der Waals surface area contributed by atoms with Gasteiger partial charge in [-0.15, -0.1) is 0 Å². The Bertz CT molecular complexity index is 726. The van der Waals surface area contributed by atoms with Crippen molar-refractivity contribution >= 4 is 0 Å². The Hall–Kier alpha value is -2.25. The van der Waals surface area contributed by atoms with Gasteiger partial charge in [-0.2, -0.15) is 5.26 Å². The molecule has 0 atom stereocenters. The van der Waals surface area contributed by atoms with Gasteiger partial charge in [0, 0.05) is 24.6 Å². The summed E-state index contributed by atoms with van der Waals surface area (Å²) >= 11 is 0. The molecule has 0 spiro atoms. The van der Waals surface area contributed by atoms with Crippen LogP contribution in [0.15, 0.2) is 36.7 Å². The zero-order chi connectivity index (χ0) is 18.9. The van der Waals surface area contributed by atoms with Crippen molar-refractivity contribution < 1.29 is 4.74 Å². The highest BCUT2D eigenvalue weighted by molar-refractivity contribution is 5.56. The summed E-state index contributed by atoms with van der Waals surface area (Å²) in [5, 5.41) is 8.89. The monoisotopic (exact) mass is 363 g/mol. The third-order valence-electron chi connectivity index (χ3n) is 5.44. The molecule has 3 rings (SSSR count). The van der Waals surface area contributed by atoms with Crippen molar-refractivity contribution in [1.82, 2.24) is 9.97 Å². The second-order valence-corrected chi connectivity index (χ2v) is 7.43. The summed E-state index contributed by atoms with van der Waals surface area (Å²) < 4.78 is 6.06. The summed E-state index contributed by atoms with van der Waals surface area (Å²) in [6, 6.07) is 9.53. The van der Waals surface area contributed by atoms with Gasteiger partial charge in [0.2, 0.25) is 0 Å². The van der Waals surface area contributed by atoms with Crippen LogP contribution in [-0.2, 0) is 4.74 Å². The van der Waals surface area contributed by atoms with Gasteiger partial charge in [0.1, 0.15) is 0 Å². The van der Waals surface area contributed by atoms with Crippen LogP contribution in [0.2, 0.25) is 0 Å². The first-order valence-corrected chi connectivity index (χ1v) is 10.2. The zero-order valence-corrected chi connectivity index (χ0v) is 16.2. The van der Waals surface area contributed by atoms with Crippen molar-refractivity contribution in [3.63, 3.8) is 0 Å². The van der Waals surface area contributed by atoms with Crippen LogP contribution >= 0.6 is 0 Å². The van der Waals surface area contributed by atoms with E-state index < -0.39 is 0 Å². The van der Waals surface area contributed by atoms with Gasteiger partial charge in [-0.25, -0.2) is 9.97 Å². The molecule has 142 valence electrons. The predicted octanol–water partition coefficient (Wildman–Crippen LogP) is 5.64. The molecule has 1 aliphatic carbocycles. The lowest BCUT2D eigenvalue weighted by atomic mass is 9.84. The van der Waals surface area contributed by atoms with Crippen molar-refractivity contribution in [2.24, 2.45) is 0 Å². The lowest BCUT2D eigenvalue weighted by Gasteiger charge is -2.28. The normalized spacial score (nSPS) is 19.6. The molecule has 1 fully saturated rings. The molecule has 0 bridgehead atoms. The van der Waals surface area contributed by atoms with E-state index in [4.69, 9.17) is 10.00 Å². The van der Waals surface area contributed by atoms with Crippen LogP contribution in [0.1, 0.15) is 75.3 Å². The van der Waals surface area contributed by atoms with E-state index in [9.17, 15) is 0 Å². The number of rotatable bonds is 8. The van der Waals surface area contributed by atoms with Crippen molar-refractivity contribution in [3.8, 4) is 17.5 Å². The quantitative estimate of drug-likeness (QED) is 0.570. The summed E-state index contributed by atoms with van der Waals surface area (Å²) in [4.78, 5) is 9.10. The van der Waals surface area contributed by atoms with Crippen LogP contribution in [0.25, 0.3) is 11.4 Å². The van der Waals surface area contributed by atoms with E-state index in [0.717, 1.165) is 37.9 Å². The smallest absolute Gasteiger partial charge is 0.159 e. The van der Waals surface area contributed by atoms with Crippen LogP contribution in [0.4, 0.5) is 0 Å². The van der Waals surface area contributed by atoms with E-state index in [1.54, 1.807) is 12.1 Å². The van der Waals surface area contributed by atoms with Crippen LogP contribution in [0.3, 0.4) is 0 Å². The molecule has 0 saturated heterocycles. The number of nitrogens with zero attached hydrogens (tertiary/aromatic N) is 3. The maximum atomic E-state index is 8.89. The molecule has 0 radical (unpaired) electrons. The maximum absolute atomic E-state index is 8.89. The number of benzene rings is 1. The molecular formula is C23H29N3O. The molecule has 0 unspecified atom stereocenters. The van der Waals surface area contributed by atoms with Crippen molar-refractivity contribution in [2.45, 2.75) is 70.3 Å². The maximum Gasteiger partial charge on any atom is 0.159 e. The van der Waals surface area contributed by atoms with E-state index in [2.05, 4.69) is 23.0 Å².